The summed E-state index contributed by atoms with van der Waals surface area (Å²) < 4.78 is 11.3. The predicted octanol–water partition coefficient (Wildman–Crippen LogP) is 4.32. The van der Waals surface area contributed by atoms with Crippen molar-refractivity contribution >= 4 is 33.5 Å². The van der Waals surface area contributed by atoms with Gasteiger partial charge in [0.05, 0.1) is 23.2 Å². The monoisotopic (exact) mass is 398 g/mol. The van der Waals surface area contributed by atoms with Crippen LogP contribution in [0.2, 0.25) is 5.02 Å². The molecule has 0 bridgehead atoms. The van der Waals surface area contributed by atoms with E-state index < -0.39 is 5.97 Å². The maximum atomic E-state index is 12.0. The largest absolute Gasteiger partial charge is 0.489 e. The first-order valence-corrected chi connectivity index (χ1v) is 8.24. The van der Waals surface area contributed by atoms with Crippen molar-refractivity contribution in [2.45, 2.75) is 6.92 Å². The maximum absolute atomic E-state index is 12.0. The molecule has 0 heterocycles. The molecule has 0 unspecified atom stereocenters. The number of rotatable bonds is 6. The molecule has 0 fully saturated rings. The highest BCUT2D eigenvalue weighted by Crippen LogP contribution is 2.38. The second kappa shape index (κ2) is 8.34. The van der Waals surface area contributed by atoms with Gasteiger partial charge in [-0.1, -0.05) is 23.7 Å². The van der Waals surface area contributed by atoms with Gasteiger partial charge in [0, 0.05) is 10.6 Å². The lowest BCUT2D eigenvalue weighted by molar-refractivity contribution is 0.0526. The standard InChI is InChI=1S/C17H16BrClO4/c1-2-22-17(21)12-9-14(11-3-5-13(19)6-4-11)16(15(18)10-12)23-8-7-20/h3-6,9-10,20H,2,7-8H2,1H3. The van der Waals surface area contributed by atoms with Crippen LogP contribution in [0.15, 0.2) is 40.9 Å². The van der Waals surface area contributed by atoms with Crippen LogP contribution in [0.4, 0.5) is 0 Å². The Kier molecular flexibility index (Phi) is 6.45. The lowest BCUT2D eigenvalue weighted by atomic mass is 10.0. The Morgan fingerprint density at radius 3 is 2.57 bits per heavy atom. The van der Waals surface area contributed by atoms with Crippen LogP contribution in [-0.4, -0.2) is 30.9 Å². The van der Waals surface area contributed by atoms with E-state index in [2.05, 4.69) is 15.9 Å². The van der Waals surface area contributed by atoms with Gasteiger partial charge in [0.2, 0.25) is 0 Å². The van der Waals surface area contributed by atoms with Gasteiger partial charge >= 0.3 is 5.97 Å². The van der Waals surface area contributed by atoms with Crippen LogP contribution in [0.3, 0.4) is 0 Å². The number of carbonyl (C=O) groups excluding carboxylic acids is 1. The number of esters is 1. The minimum absolute atomic E-state index is 0.105. The summed E-state index contributed by atoms with van der Waals surface area (Å²) in [7, 11) is 0. The zero-order chi connectivity index (χ0) is 16.8. The van der Waals surface area contributed by atoms with E-state index in [4.69, 9.17) is 26.2 Å². The van der Waals surface area contributed by atoms with Gasteiger partial charge in [0.1, 0.15) is 12.4 Å². The second-order valence-electron chi connectivity index (χ2n) is 4.63. The van der Waals surface area contributed by atoms with Crippen molar-refractivity contribution in [2.24, 2.45) is 0 Å². The van der Waals surface area contributed by atoms with Gasteiger partial charge in [0.15, 0.2) is 0 Å². The highest BCUT2D eigenvalue weighted by atomic mass is 79.9. The van der Waals surface area contributed by atoms with Crippen molar-refractivity contribution in [1.82, 2.24) is 0 Å². The number of carbonyl (C=O) groups is 1. The Morgan fingerprint density at radius 2 is 1.96 bits per heavy atom. The number of aliphatic hydroxyl groups excluding tert-OH is 1. The molecule has 0 spiro atoms. The molecule has 0 aliphatic carbocycles. The molecule has 0 atom stereocenters. The molecule has 1 N–H and O–H groups in total. The minimum atomic E-state index is -0.405. The highest BCUT2D eigenvalue weighted by molar-refractivity contribution is 9.10. The smallest absolute Gasteiger partial charge is 0.338 e. The Hall–Kier alpha value is -1.56. The van der Waals surface area contributed by atoms with E-state index in [1.165, 1.54) is 0 Å². The number of hydrogen-bond acceptors (Lipinski definition) is 4. The van der Waals surface area contributed by atoms with E-state index in [9.17, 15) is 4.79 Å². The Balaban J connectivity index is 2.53. The van der Waals surface area contributed by atoms with Crippen molar-refractivity contribution in [2.75, 3.05) is 19.8 Å². The zero-order valence-corrected chi connectivity index (χ0v) is 14.9. The average molecular weight is 400 g/mol. The molecular formula is C17H16BrClO4. The molecule has 23 heavy (non-hydrogen) atoms. The third-order valence-corrected chi connectivity index (χ3v) is 3.89. The lowest BCUT2D eigenvalue weighted by Gasteiger charge is -2.15. The average Bonchev–Trinajstić information content (AvgIpc) is 2.54. The Bertz CT molecular complexity index is 686. The molecule has 0 aliphatic rings. The lowest BCUT2D eigenvalue weighted by Crippen LogP contribution is -2.07. The van der Waals surface area contributed by atoms with Crippen molar-refractivity contribution in [1.29, 1.82) is 0 Å². The molecule has 0 saturated heterocycles. The molecule has 4 nitrogen and oxygen atoms in total. The first kappa shape index (κ1) is 17.8. The molecule has 0 saturated carbocycles. The zero-order valence-electron chi connectivity index (χ0n) is 12.5. The molecule has 0 aromatic heterocycles. The topological polar surface area (TPSA) is 55.8 Å². The summed E-state index contributed by atoms with van der Waals surface area (Å²) >= 11 is 9.35. The van der Waals surface area contributed by atoms with Crippen LogP contribution >= 0.6 is 27.5 Å². The number of benzene rings is 2. The van der Waals surface area contributed by atoms with Crippen molar-refractivity contribution in [3.63, 3.8) is 0 Å². The van der Waals surface area contributed by atoms with Crippen LogP contribution in [-0.2, 0) is 4.74 Å². The molecular weight excluding hydrogens is 384 g/mol. The molecule has 2 rings (SSSR count). The number of hydrogen-bond donors (Lipinski definition) is 1. The summed E-state index contributed by atoms with van der Waals surface area (Å²) in [6.45, 7) is 2.10. The fourth-order valence-corrected chi connectivity index (χ4v) is 2.76. The fraction of sp³-hybridized carbons (Fsp3) is 0.235. The normalized spacial score (nSPS) is 10.4. The third kappa shape index (κ3) is 4.47. The van der Waals surface area contributed by atoms with E-state index >= 15 is 0 Å². The summed E-state index contributed by atoms with van der Waals surface area (Å²) in [4.78, 5) is 12.0. The van der Waals surface area contributed by atoms with Gasteiger partial charge < -0.3 is 14.6 Å². The molecule has 2 aromatic rings. The van der Waals surface area contributed by atoms with Gasteiger partial charge in [-0.2, -0.15) is 0 Å². The van der Waals surface area contributed by atoms with E-state index in [1.54, 1.807) is 31.2 Å². The van der Waals surface area contributed by atoms with Gasteiger partial charge in [-0.15, -0.1) is 0 Å². The summed E-state index contributed by atoms with van der Waals surface area (Å²) in [6.07, 6.45) is 0. The second-order valence-corrected chi connectivity index (χ2v) is 5.92. The molecule has 6 heteroatoms. The van der Waals surface area contributed by atoms with Crippen molar-refractivity contribution in [3.8, 4) is 16.9 Å². The van der Waals surface area contributed by atoms with Gasteiger partial charge in [-0.25, -0.2) is 4.79 Å². The van der Waals surface area contributed by atoms with Crippen LogP contribution < -0.4 is 4.74 Å². The van der Waals surface area contributed by atoms with Crippen LogP contribution in [0.1, 0.15) is 17.3 Å². The minimum Gasteiger partial charge on any atom is -0.489 e. The fourth-order valence-electron chi connectivity index (χ4n) is 2.06. The molecule has 2 aromatic carbocycles. The van der Waals surface area contributed by atoms with Crippen molar-refractivity contribution < 1.29 is 19.4 Å². The number of ether oxygens (including phenoxy) is 2. The van der Waals surface area contributed by atoms with Crippen LogP contribution in [0.25, 0.3) is 11.1 Å². The number of aliphatic hydroxyl groups is 1. The molecule has 0 aliphatic heterocycles. The van der Waals surface area contributed by atoms with Crippen molar-refractivity contribution in [3.05, 3.63) is 51.5 Å². The summed E-state index contributed by atoms with van der Waals surface area (Å²) in [5.41, 5.74) is 1.97. The van der Waals surface area contributed by atoms with Gasteiger partial charge in [0.25, 0.3) is 0 Å². The summed E-state index contributed by atoms with van der Waals surface area (Å²) in [5.74, 6) is 0.145. The van der Waals surface area contributed by atoms with E-state index in [0.29, 0.717) is 33.0 Å². The first-order chi connectivity index (χ1) is 11.1. The Morgan fingerprint density at radius 1 is 1.26 bits per heavy atom. The highest BCUT2D eigenvalue weighted by Gasteiger charge is 2.17. The first-order valence-electron chi connectivity index (χ1n) is 7.07. The summed E-state index contributed by atoms with van der Waals surface area (Å²) in [6, 6.07) is 10.5. The quantitative estimate of drug-likeness (QED) is 0.735. The maximum Gasteiger partial charge on any atom is 0.338 e. The van der Waals surface area contributed by atoms with E-state index in [-0.39, 0.29) is 13.2 Å². The SMILES string of the molecule is CCOC(=O)c1cc(Br)c(OCCO)c(-c2ccc(Cl)cc2)c1. The molecule has 122 valence electrons. The molecule has 0 amide bonds. The van der Waals surface area contributed by atoms with Crippen LogP contribution in [0.5, 0.6) is 5.75 Å². The van der Waals surface area contributed by atoms with Gasteiger partial charge in [-0.3, -0.25) is 0 Å². The Labute approximate surface area is 148 Å². The van der Waals surface area contributed by atoms with Crippen LogP contribution in [0, 0.1) is 0 Å². The summed E-state index contributed by atoms with van der Waals surface area (Å²) in [5, 5.41) is 9.62. The van der Waals surface area contributed by atoms with E-state index in [0.717, 1.165) is 5.56 Å². The number of halogens is 2. The predicted molar refractivity (Wildman–Crippen MR) is 93.1 cm³/mol. The van der Waals surface area contributed by atoms with E-state index in [1.807, 2.05) is 12.1 Å². The van der Waals surface area contributed by atoms with Gasteiger partial charge in [-0.05, 0) is 52.7 Å². The molecule has 0 radical (unpaired) electrons. The third-order valence-electron chi connectivity index (χ3n) is 3.05.